The van der Waals surface area contributed by atoms with Crippen molar-refractivity contribution in [3.63, 3.8) is 0 Å². The summed E-state index contributed by atoms with van der Waals surface area (Å²) < 4.78 is 1.98. The van der Waals surface area contributed by atoms with Crippen LogP contribution >= 0.6 is 0 Å². The number of hydrogen-bond acceptors (Lipinski definition) is 3. The van der Waals surface area contributed by atoms with Crippen molar-refractivity contribution in [3.8, 4) is 11.4 Å². The summed E-state index contributed by atoms with van der Waals surface area (Å²) in [6.45, 7) is 1.94. The van der Waals surface area contributed by atoms with E-state index in [-0.39, 0.29) is 0 Å². The highest BCUT2D eigenvalue weighted by molar-refractivity contribution is 5.62. The summed E-state index contributed by atoms with van der Waals surface area (Å²) in [6, 6.07) is 8.12. The molecule has 0 amide bonds. The van der Waals surface area contributed by atoms with Crippen LogP contribution in [0.5, 0.6) is 0 Å². The van der Waals surface area contributed by atoms with Gasteiger partial charge in [0.05, 0.1) is 0 Å². The molecule has 0 saturated carbocycles. The van der Waals surface area contributed by atoms with Crippen molar-refractivity contribution in [2.75, 3.05) is 12.4 Å². The lowest BCUT2D eigenvalue weighted by molar-refractivity contribution is 0.865. The van der Waals surface area contributed by atoms with Crippen LogP contribution in [0.15, 0.2) is 24.3 Å². The number of nitrogens with zero attached hydrogens (tertiary/aromatic N) is 3. The van der Waals surface area contributed by atoms with E-state index in [0.717, 1.165) is 22.9 Å². The van der Waals surface area contributed by atoms with Gasteiger partial charge in [-0.15, -0.1) is 10.2 Å². The molecule has 2 rings (SSSR count). The molecule has 0 atom stereocenters. The van der Waals surface area contributed by atoms with Crippen molar-refractivity contribution in [1.29, 1.82) is 0 Å². The first-order chi connectivity index (χ1) is 7.22. The molecule has 0 unspecified atom stereocenters. The highest BCUT2D eigenvalue weighted by Crippen LogP contribution is 2.20. The van der Waals surface area contributed by atoms with E-state index in [2.05, 4.69) is 21.6 Å². The van der Waals surface area contributed by atoms with Gasteiger partial charge in [0.1, 0.15) is 5.82 Å². The van der Waals surface area contributed by atoms with Crippen LogP contribution in [0.3, 0.4) is 0 Å². The normalized spacial score (nSPS) is 10.3. The summed E-state index contributed by atoms with van der Waals surface area (Å²) >= 11 is 0. The van der Waals surface area contributed by atoms with Gasteiger partial charge in [0.2, 0.25) is 0 Å². The fourth-order valence-electron chi connectivity index (χ4n) is 1.47. The third-order valence-corrected chi connectivity index (χ3v) is 2.50. The van der Waals surface area contributed by atoms with Gasteiger partial charge < -0.3 is 9.88 Å². The molecule has 1 aromatic carbocycles. The Hall–Kier alpha value is -1.84. The van der Waals surface area contributed by atoms with E-state index in [4.69, 9.17) is 0 Å². The lowest BCUT2D eigenvalue weighted by Gasteiger charge is -2.04. The molecule has 0 aliphatic heterocycles. The van der Waals surface area contributed by atoms with E-state index in [1.807, 2.05) is 43.8 Å². The number of hydrogen-bond donors (Lipinski definition) is 1. The van der Waals surface area contributed by atoms with Crippen molar-refractivity contribution >= 4 is 5.69 Å². The Morgan fingerprint density at radius 1 is 1.27 bits per heavy atom. The van der Waals surface area contributed by atoms with E-state index in [1.165, 1.54) is 0 Å². The monoisotopic (exact) mass is 202 g/mol. The average Bonchev–Trinajstić information content (AvgIpc) is 2.60. The third kappa shape index (κ3) is 1.70. The number of nitrogens with one attached hydrogen (secondary N) is 1. The number of anilines is 1. The van der Waals surface area contributed by atoms with Gasteiger partial charge >= 0.3 is 0 Å². The molecule has 1 heterocycles. The molecule has 0 radical (unpaired) electrons. The minimum Gasteiger partial charge on any atom is -0.388 e. The average molecular weight is 202 g/mol. The fraction of sp³-hybridized carbons (Fsp3) is 0.273. The summed E-state index contributed by atoms with van der Waals surface area (Å²) in [4.78, 5) is 0. The van der Waals surface area contributed by atoms with Crippen LogP contribution in [0.4, 0.5) is 5.69 Å². The standard InChI is InChI=1S/C11H14N4/c1-8-13-14-11(15(8)3)9-5-4-6-10(7-9)12-2/h4-7,12H,1-3H3. The lowest BCUT2D eigenvalue weighted by atomic mass is 10.2. The summed E-state index contributed by atoms with van der Waals surface area (Å²) in [7, 11) is 3.87. The molecule has 1 aromatic heterocycles. The Morgan fingerprint density at radius 2 is 2.07 bits per heavy atom. The van der Waals surface area contributed by atoms with Crippen LogP contribution in [0.2, 0.25) is 0 Å². The molecule has 0 aliphatic carbocycles. The zero-order chi connectivity index (χ0) is 10.8. The molecule has 0 aliphatic rings. The van der Waals surface area contributed by atoms with Crippen LogP contribution in [0, 0.1) is 6.92 Å². The van der Waals surface area contributed by atoms with Crippen LogP contribution < -0.4 is 5.32 Å². The maximum atomic E-state index is 4.15. The summed E-state index contributed by atoms with van der Waals surface area (Å²) in [5.41, 5.74) is 2.15. The van der Waals surface area contributed by atoms with Crippen molar-refractivity contribution in [2.45, 2.75) is 6.92 Å². The number of rotatable bonds is 2. The summed E-state index contributed by atoms with van der Waals surface area (Å²) in [5, 5.41) is 11.3. The minimum atomic E-state index is 0.893. The summed E-state index contributed by atoms with van der Waals surface area (Å²) in [6.07, 6.45) is 0. The van der Waals surface area contributed by atoms with Crippen LogP contribution in [-0.2, 0) is 7.05 Å². The quantitative estimate of drug-likeness (QED) is 0.808. The number of benzene rings is 1. The van der Waals surface area contributed by atoms with Crippen LogP contribution in [-0.4, -0.2) is 21.8 Å². The first-order valence-electron chi connectivity index (χ1n) is 4.86. The molecule has 0 saturated heterocycles. The fourth-order valence-corrected chi connectivity index (χ4v) is 1.47. The van der Waals surface area contributed by atoms with Crippen LogP contribution in [0.25, 0.3) is 11.4 Å². The molecule has 15 heavy (non-hydrogen) atoms. The predicted molar refractivity (Wildman–Crippen MR) is 60.7 cm³/mol. The van der Waals surface area contributed by atoms with Gasteiger partial charge in [-0.3, -0.25) is 0 Å². The number of aryl methyl sites for hydroxylation is 1. The second kappa shape index (κ2) is 3.73. The lowest BCUT2D eigenvalue weighted by Crippen LogP contribution is -1.95. The molecule has 2 aromatic rings. The topological polar surface area (TPSA) is 42.7 Å². The molecule has 0 fully saturated rings. The molecule has 4 nitrogen and oxygen atoms in total. The van der Waals surface area contributed by atoms with Gasteiger partial charge in [0, 0.05) is 25.3 Å². The molecule has 78 valence electrons. The largest absolute Gasteiger partial charge is 0.388 e. The van der Waals surface area contributed by atoms with Gasteiger partial charge in [-0.2, -0.15) is 0 Å². The van der Waals surface area contributed by atoms with Crippen molar-refractivity contribution in [3.05, 3.63) is 30.1 Å². The van der Waals surface area contributed by atoms with Crippen molar-refractivity contribution in [1.82, 2.24) is 14.8 Å². The maximum absolute atomic E-state index is 4.15. The zero-order valence-corrected chi connectivity index (χ0v) is 9.15. The Morgan fingerprint density at radius 3 is 2.67 bits per heavy atom. The summed E-state index contributed by atoms with van der Waals surface area (Å²) in [5.74, 6) is 1.81. The molecule has 0 spiro atoms. The van der Waals surface area contributed by atoms with Crippen molar-refractivity contribution in [2.24, 2.45) is 7.05 Å². The third-order valence-electron chi connectivity index (χ3n) is 2.50. The first-order valence-corrected chi connectivity index (χ1v) is 4.86. The van der Waals surface area contributed by atoms with E-state index >= 15 is 0 Å². The van der Waals surface area contributed by atoms with Gasteiger partial charge in [-0.05, 0) is 19.1 Å². The Kier molecular flexibility index (Phi) is 2.41. The van der Waals surface area contributed by atoms with E-state index in [0.29, 0.717) is 0 Å². The van der Waals surface area contributed by atoms with E-state index in [9.17, 15) is 0 Å². The maximum Gasteiger partial charge on any atom is 0.163 e. The second-order valence-electron chi connectivity index (χ2n) is 3.46. The van der Waals surface area contributed by atoms with Gasteiger partial charge in [0.25, 0.3) is 0 Å². The Labute approximate surface area is 89.0 Å². The number of aromatic nitrogens is 3. The molecular formula is C11H14N4. The van der Waals surface area contributed by atoms with Gasteiger partial charge in [-0.1, -0.05) is 12.1 Å². The first kappa shape index (κ1) is 9.71. The highest BCUT2D eigenvalue weighted by atomic mass is 15.3. The highest BCUT2D eigenvalue weighted by Gasteiger charge is 2.07. The Bertz CT molecular complexity index is 473. The van der Waals surface area contributed by atoms with Crippen molar-refractivity contribution < 1.29 is 0 Å². The van der Waals surface area contributed by atoms with Gasteiger partial charge in [0.15, 0.2) is 5.82 Å². The van der Waals surface area contributed by atoms with E-state index < -0.39 is 0 Å². The van der Waals surface area contributed by atoms with E-state index in [1.54, 1.807) is 0 Å². The molecule has 1 N–H and O–H groups in total. The van der Waals surface area contributed by atoms with Gasteiger partial charge in [-0.25, -0.2) is 0 Å². The second-order valence-corrected chi connectivity index (χ2v) is 3.46. The van der Waals surface area contributed by atoms with Crippen LogP contribution in [0.1, 0.15) is 5.82 Å². The predicted octanol–water partition coefficient (Wildman–Crippen LogP) is 1.83. The molecular weight excluding hydrogens is 188 g/mol. The smallest absolute Gasteiger partial charge is 0.163 e. The zero-order valence-electron chi connectivity index (χ0n) is 9.15. The molecule has 4 heteroatoms. The Balaban J connectivity index is 2.49. The SMILES string of the molecule is CNc1cccc(-c2nnc(C)n2C)c1. The molecule has 0 bridgehead atoms. The minimum absolute atomic E-state index is 0.893.